The second-order valence-electron chi connectivity index (χ2n) is 11.0. The third-order valence-electron chi connectivity index (χ3n) is 8.24. The number of benzene rings is 6. The van der Waals surface area contributed by atoms with Crippen LogP contribution in [0.1, 0.15) is 0 Å². The number of furan rings is 2. The Bertz CT molecular complexity index is 2550. The van der Waals surface area contributed by atoms with Gasteiger partial charge in [0.25, 0.3) is 0 Å². The molecule has 0 N–H and O–H groups in total. The molecule has 0 aliphatic heterocycles. The van der Waals surface area contributed by atoms with E-state index in [4.69, 9.17) is 23.8 Å². The number of nitrogens with zero attached hydrogens (tertiary/aromatic N) is 3. The predicted molar refractivity (Wildman–Crippen MR) is 184 cm³/mol. The lowest BCUT2D eigenvalue weighted by Crippen LogP contribution is -2.00. The minimum Gasteiger partial charge on any atom is -0.456 e. The van der Waals surface area contributed by atoms with E-state index in [1.807, 2.05) is 72.8 Å². The van der Waals surface area contributed by atoms with Crippen molar-refractivity contribution in [2.45, 2.75) is 0 Å². The summed E-state index contributed by atoms with van der Waals surface area (Å²) in [7, 11) is 0. The van der Waals surface area contributed by atoms with Crippen molar-refractivity contribution < 1.29 is 8.83 Å². The second kappa shape index (κ2) is 10.3. The Morgan fingerprint density at radius 2 is 0.933 bits per heavy atom. The van der Waals surface area contributed by atoms with Crippen LogP contribution in [0.5, 0.6) is 0 Å². The molecule has 0 aliphatic rings. The summed E-state index contributed by atoms with van der Waals surface area (Å²) in [5.74, 6) is 1.68. The van der Waals surface area contributed by atoms with Crippen LogP contribution in [0.3, 0.4) is 0 Å². The lowest BCUT2D eigenvalue weighted by atomic mass is 10.0. The van der Waals surface area contributed by atoms with Crippen LogP contribution >= 0.6 is 15.9 Å². The number of rotatable bonds is 4. The molecule has 3 heterocycles. The van der Waals surface area contributed by atoms with Crippen LogP contribution in [0.15, 0.2) is 147 Å². The van der Waals surface area contributed by atoms with Crippen LogP contribution < -0.4 is 0 Å². The van der Waals surface area contributed by atoms with Gasteiger partial charge < -0.3 is 8.83 Å². The van der Waals surface area contributed by atoms with Crippen LogP contribution in [-0.4, -0.2) is 15.0 Å². The molecule has 5 nitrogen and oxygen atoms in total. The summed E-state index contributed by atoms with van der Waals surface area (Å²) in [5, 5.41) is 4.22. The van der Waals surface area contributed by atoms with Crippen molar-refractivity contribution >= 4 is 59.8 Å². The fraction of sp³-hybridized carbons (Fsp3) is 0. The molecule has 0 aliphatic carbocycles. The SMILES string of the molecule is Brc1ccc(-c2ccc(-c3nc(-c4ccc5c(c4)oc4ccccc45)nc(-c4cccc5c4oc4ccccc45)n3)cc2)cc1. The zero-order chi connectivity index (χ0) is 29.9. The molecular formula is C39H22BrN3O2. The van der Waals surface area contributed by atoms with Gasteiger partial charge in [0.05, 0.1) is 5.56 Å². The van der Waals surface area contributed by atoms with E-state index in [0.717, 1.165) is 76.2 Å². The number of halogens is 1. The van der Waals surface area contributed by atoms with Crippen molar-refractivity contribution in [2.24, 2.45) is 0 Å². The maximum atomic E-state index is 6.37. The van der Waals surface area contributed by atoms with Gasteiger partial charge in [0, 0.05) is 37.1 Å². The van der Waals surface area contributed by atoms with Gasteiger partial charge in [0.15, 0.2) is 17.5 Å². The van der Waals surface area contributed by atoms with Crippen molar-refractivity contribution in [1.82, 2.24) is 15.0 Å². The maximum absolute atomic E-state index is 6.37. The summed E-state index contributed by atoms with van der Waals surface area (Å²) >= 11 is 3.52. The monoisotopic (exact) mass is 643 g/mol. The minimum atomic E-state index is 0.543. The molecular weight excluding hydrogens is 622 g/mol. The number of hydrogen-bond acceptors (Lipinski definition) is 5. The molecule has 212 valence electrons. The van der Waals surface area contributed by atoms with E-state index in [1.165, 1.54) is 0 Å². The summed E-state index contributed by atoms with van der Waals surface area (Å²) < 4.78 is 13.6. The summed E-state index contributed by atoms with van der Waals surface area (Å²) in [5.41, 5.74) is 8.01. The Morgan fingerprint density at radius 1 is 0.400 bits per heavy atom. The first-order valence-electron chi connectivity index (χ1n) is 14.6. The molecule has 0 unspecified atom stereocenters. The zero-order valence-electron chi connectivity index (χ0n) is 23.7. The van der Waals surface area contributed by atoms with Crippen LogP contribution in [0.25, 0.3) is 89.2 Å². The Labute approximate surface area is 266 Å². The van der Waals surface area contributed by atoms with Crippen molar-refractivity contribution in [3.8, 4) is 45.3 Å². The van der Waals surface area contributed by atoms with E-state index in [0.29, 0.717) is 17.5 Å². The van der Waals surface area contributed by atoms with Crippen LogP contribution in [0.4, 0.5) is 0 Å². The van der Waals surface area contributed by atoms with Gasteiger partial charge in [0.2, 0.25) is 0 Å². The summed E-state index contributed by atoms with van der Waals surface area (Å²) in [4.78, 5) is 15.0. The molecule has 9 rings (SSSR count). The fourth-order valence-corrected chi connectivity index (χ4v) is 6.26. The molecule has 0 radical (unpaired) electrons. The molecule has 0 atom stereocenters. The smallest absolute Gasteiger partial charge is 0.167 e. The highest BCUT2D eigenvalue weighted by Gasteiger charge is 2.18. The molecule has 6 aromatic carbocycles. The van der Waals surface area contributed by atoms with Crippen molar-refractivity contribution in [3.05, 3.63) is 138 Å². The maximum Gasteiger partial charge on any atom is 0.167 e. The van der Waals surface area contributed by atoms with Gasteiger partial charge in [-0.2, -0.15) is 0 Å². The number of hydrogen-bond donors (Lipinski definition) is 0. The molecule has 45 heavy (non-hydrogen) atoms. The molecule has 0 saturated heterocycles. The van der Waals surface area contributed by atoms with E-state index >= 15 is 0 Å². The molecule has 9 aromatic rings. The normalized spacial score (nSPS) is 11.7. The van der Waals surface area contributed by atoms with E-state index in [-0.39, 0.29) is 0 Å². The first kappa shape index (κ1) is 25.9. The quantitative estimate of drug-likeness (QED) is 0.191. The highest BCUT2D eigenvalue weighted by Crippen LogP contribution is 2.37. The highest BCUT2D eigenvalue weighted by atomic mass is 79.9. The van der Waals surface area contributed by atoms with Gasteiger partial charge in [-0.3, -0.25) is 0 Å². The largest absolute Gasteiger partial charge is 0.456 e. The van der Waals surface area contributed by atoms with E-state index < -0.39 is 0 Å². The average molecular weight is 645 g/mol. The minimum absolute atomic E-state index is 0.543. The van der Waals surface area contributed by atoms with E-state index in [9.17, 15) is 0 Å². The standard InChI is InChI=1S/C39H22BrN3O2/c40-27-19-16-24(17-20-27)23-12-14-25(15-13-23)37-41-38(26-18-21-30-28-6-1-3-10-33(28)44-35(30)22-26)43-39(42-37)32-9-5-8-31-29-7-2-4-11-34(29)45-36(31)32/h1-22H. The molecule has 0 fully saturated rings. The van der Waals surface area contributed by atoms with E-state index in [2.05, 4.69) is 76.6 Å². The molecule has 0 amide bonds. The Hall–Kier alpha value is -5.59. The second-order valence-corrected chi connectivity index (χ2v) is 11.9. The summed E-state index contributed by atoms with van der Waals surface area (Å²) in [6.45, 7) is 0. The van der Waals surface area contributed by atoms with Crippen molar-refractivity contribution in [1.29, 1.82) is 0 Å². The highest BCUT2D eigenvalue weighted by molar-refractivity contribution is 9.10. The average Bonchev–Trinajstić information content (AvgIpc) is 3.66. The van der Waals surface area contributed by atoms with Crippen LogP contribution in [0, 0.1) is 0 Å². The summed E-state index contributed by atoms with van der Waals surface area (Å²) in [6, 6.07) is 45.0. The number of para-hydroxylation sites is 3. The van der Waals surface area contributed by atoms with Crippen molar-refractivity contribution in [3.63, 3.8) is 0 Å². The van der Waals surface area contributed by atoms with Gasteiger partial charge in [-0.15, -0.1) is 0 Å². The van der Waals surface area contributed by atoms with Crippen LogP contribution in [-0.2, 0) is 0 Å². The Morgan fingerprint density at radius 3 is 1.69 bits per heavy atom. The third-order valence-corrected chi connectivity index (χ3v) is 8.77. The first-order valence-corrected chi connectivity index (χ1v) is 15.4. The van der Waals surface area contributed by atoms with Crippen molar-refractivity contribution in [2.75, 3.05) is 0 Å². The van der Waals surface area contributed by atoms with Gasteiger partial charge in [-0.25, -0.2) is 15.0 Å². The van der Waals surface area contributed by atoms with Gasteiger partial charge in [0.1, 0.15) is 22.3 Å². The molecule has 0 bridgehead atoms. The third kappa shape index (κ3) is 4.41. The number of aromatic nitrogens is 3. The number of fused-ring (bicyclic) bond motifs is 6. The molecule has 3 aromatic heterocycles. The zero-order valence-corrected chi connectivity index (χ0v) is 25.3. The predicted octanol–water partition coefficient (Wildman–Crippen LogP) is 11.1. The summed E-state index contributed by atoms with van der Waals surface area (Å²) in [6.07, 6.45) is 0. The molecule has 6 heteroatoms. The lowest BCUT2D eigenvalue weighted by Gasteiger charge is -2.09. The van der Waals surface area contributed by atoms with Gasteiger partial charge in [-0.05, 0) is 53.6 Å². The lowest BCUT2D eigenvalue weighted by molar-refractivity contribution is 0.668. The molecule has 0 saturated carbocycles. The van der Waals surface area contributed by atoms with Gasteiger partial charge in [-0.1, -0.05) is 107 Å². The Kier molecular flexibility index (Phi) is 5.89. The molecule has 0 spiro atoms. The van der Waals surface area contributed by atoms with Crippen LogP contribution in [0.2, 0.25) is 0 Å². The van der Waals surface area contributed by atoms with E-state index in [1.54, 1.807) is 0 Å². The Balaban J connectivity index is 1.23. The fourth-order valence-electron chi connectivity index (χ4n) is 6.00. The topological polar surface area (TPSA) is 65.0 Å². The first-order chi connectivity index (χ1) is 22.2. The van der Waals surface area contributed by atoms with Gasteiger partial charge >= 0.3 is 0 Å².